The summed E-state index contributed by atoms with van der Waals surface area (Å²) < 4.78 is 2.64. The molecule has 0 saturated heterocycles. The molecule has 0 fully saturated rings. The highest BCUT2D eigenvalue weighted by Gasteiger charge is 2.08. The van der Waals surface area contributed by atoms with Crippen molar-refractivity contribution in [2.24, 2.45) is 10.2 Å². The van der Waals surface area contributed by atoms with Gasteiger partial charge >= 0.3 is 5.97 Å². The van der Waals surface area contributed by atoms with E-state index in [1.54, 1.807) is 10.8 Å². The van der Waals surface area contributed by atoms with Crippen LogP contribution < -0.4 is 4.80 Å². The quantitative estimate of drug-likeness (QED) is 0.594. The number of aliphatic carboxylic acids is 1. The second-order valence-electron chi connectivity index (χ2n) is 4.59. The first-order valence-electron chi connectivity index (χ1n) is 6.66. The number of para-hydroxylation sites is 1. The molecule has 0 aliphatic rings. The van der Waals surface area contributed by atoms with Gasteiger partial charge < -0.3 is 9.67 Å². The van der Waals surface area contributed by atoms with Gasteiger partial charge in [-0.3, -0.25) is 4.79 Å². The van der Waals surface area contributed by atoms with Crippen molar-refractivity contribution in [2.45, 2.75) is 6.54 Å². The molecule has 1 N–H and O–H groups in total. The molecule has 0 radical (unpaired) electrons. The molecule has 110 valence electrons. The molecule has 3 aromatic rings. The maximum Gasteiger partial charge on any atom is 0.323 e. The molecule has 0 aliphatic carbocycles. The lowest BCUT2D eigenvalue weighted by Crippen LogP contribution is -2.19. The number of rotatable bonds is 4. The highest BCUT2D eigenvalue weighted by atomic mass is 32.1. The maximum absolute atomic E-state index is 11.1. The highest BCUT2D eigenvalue weighted by molar-refractivity contribution is 7.16. The van der Waals surface area contributed by atoms with Crippen LogP contribution in [0, 0.1) is 0 Å². The van der Waals surface area contributed by atoms with Crippen molar-refractivity contribution in [3.8, 4) is 0 Å². The number of carboxylic acid groups (broad SMARTS) is 1. The van der Waals surface area contributed by atoms with Gasteiger partial charge in [0.25, 0.3) is 0 Å². The Labute approximate surface area is 130 Å². The zero-order valence-electron chi connectivity index (χ0n) is 11.6. The lowest BCUT2D eigenvalue weighted by atomic mass is 10.2. The second-order valence-corrected chi connectivity index (χ2v) is 5.60. The van der Waals surface area contributed by atoms with Crippen molar-refractivity contribution >= 4 is 33.7 Å². The lowest BCUT2D eigenvalue weighted by molar-refractivity contribution is -0.137. The Bertz CT molecular complexity index is 894. The van der Waals surface area contributed by atoms with Gasteiger partial charge in [-0.25, -0.2) is 0 Å². The molecular formula is C16H13N3O2S. The first-order chi connectivity index (χ1) is 10.7. The Balaban J connectivity index is 2.03. The van der Waals surface area contributed by atoms with Crippen LogP contribution in [0.4, 0.5) is 0 Å². The molecule has 6 heteroatoms. The summed E-state index contributed by atoms with van der Waals surface area (Å²) in [5, 5.41) is 17.3. The van der Waals surface area contributed by atoms with Crippen molar-refractivity contribution < 1.29 is 9.90 Å². The molecule has 22 heavy (non-hydrogen) atoms. The van der Waals surface area contributed by atoms with Crippen LogP contribution in [0.1, 0.15) is 5.56 Å². The van der Waals surface area contributed by atoms with E-state index in [-0.39, 0.29) is 6.54 Å². The van der Waals surface area contributed by atoms with Crippen LogP contribution in [0.2, 0.25) is 0 Å². The second kappa shape index (κ2) is 6.36. The first-order valence-corrected chi connectivity index (χ1v) is 7.48. The molecule has 0 aliphatic heterocycles. The number of carboxylic acids is 1. The topological polar surface area (TPSA) is 66.9 Å². The van der Waals surface area contributed by atoms with Gasteiger partial charge in [0, 0.05) is 0 Å². The van der Waals surface area contributed by atoms with E-state index in [4.69, 9.17) is 5.11 Å². The van der Waals surface area contributed by atoms with Gasteiger partial charge in [-0.1, -0.05) is 53.8 Å². The van der Waals surface area contributed by atoms with Gasteiger partial charge in [-0.05, 0) is 17.7 Å². The molecule has 3 rings (SSSR count). The Morgan fingerprint density at radius 1 is 1.14 bits per heavy atom. The van der Waals surface area contributed by atoms with Crippen LogP contribution in [0.3, 0.4) is 0 Å². The van der Waals surface area contributed by atoms with Crippen molar-refractivity contribution in [3.63, 3.8) is 0 Å². The Morgan fingerprint density at radius 2 is 1.86 bits per heavy atom. The van der Waals surface area contributed by atoms with Crippen LogP contribution in [0.5, 0.6) is 0 Å². The van der Waals surface area contributed by atoms with Crippen LogP contribution in [0.15, 0.2) is 64.8 Å². The maximum atomic E-state index is 11.1. The summed E-state index contributed by atoms with van der Waals surface area (Å²) in [4.78, 5) is 11.6. The fraction of sp³-hybridized carbons (Fsp3) is 0.0625. The van der Waals surface area contributed by atoms with Crippen molar-refractivity contribution in [1.82, 2.24) is 4.57 Å². The van der Waals surface area contributed by atoms with Gasteiger partial charge in [-0.15, -0.1) is 5.10 Å². The third-order valence-electron chi connectivity index (χ3n) is 3.03. The van der Waals surface area contributed by atoms with Crippen LogP contribution in [-0.4, -0.2) is 21.9 Å². The van der Waals surface area contributed by atoms with Crippen LogP contribution in [0.25, 0.3) is 10.2 Å². The predicted octanol–water partition coefficient (Wildman–Crippen LogP) is 2.72. The van der Waals surface area contributed by atoms with E-state index >= 15 is 0 Å². The average Bonchev–Trinajstić information content (AvgIpc) is 2.86. The molecule has 0 amide bonds. The van der Waals surface area contributed by atoms with E-state index in [0.717, 1.165) is 15.8 Å². The van der Waals surface area contributed by atoms with E-state index in [9.17, 15) is 4.79 Å². The Morgan fingerprint density at radius 3 is 2.64 bits per heavy atom. The van der Waals surface area contributed by atoms with Gasteiger partial charge in [0.1, 0.15) is 6.54 Å². The average molecular weight is 311 g/mol. The summed E-state index contributed by atoms with van der Waals surface area (Å²) in [5.74, 6) is -0.906. The summed E-state index contributed by atoms with van der Waals surface area (Å²) in [6.07, 6.45) is 1.65. The van der Waals surface area contributed by atoms with Gasteiger partial charge in [-0.2, -0.15) is 5.10 Å². The minimum absolute atomic E-state index is 0.135. The summed E-state index contributed by atoms with van der Waals surface area (Å²) in [6, 6.07) is 17.3. The van der Waals surface area contributed by atoms with Crippen molar-refractivity contribution in [1.29, 1.82) is 0 Å². The molecule has 0 spiro atoms. The molecule has 5 nitrogen and oxygen atoms in total. The monoisotopic (exact) mass is 311 g/mol. The zero-order chi connectivity index (χ0) is 15.4. The molecule has 2 aromatic carbocycles. The molecular weight excluding hydrogens is 298 g/mol. The van der Waals surface area contributed by atoms with Crippen molar-refractivity contribution in [3.05, 3.63) is 65.0 Å². The molecule has 0 unspecified atom stereocenters. The number of carbonyl (C=O) groups is 1. The Hall–Kier alpha value is -2.73. The normalized spacial score (nSPS) is 12.3. The fourth-order valence-electron chi connectivity index (χ4n) is 2.07. The zero-order valence-corrected chi connectivity index (χ0v) is 12.4. The largest absolute Gasteiger partial charge is 0.480 e. The van der Waals surface area contributed by atoms with E-state index in [2.05, 4.69) is 10.2 Å². The van der Waals surface area contributed by atoms with Crippen LogP contribution in [-0.2, 0) is 11.3 Å². The standard InChI is InChI=1S/C16H13N3O2S/c20-15(21)11-19-13-8-4-5-9-14(13)22-16(19)18-17-10-12-6-2-1-3-7-12/h1-10H,11H2,(H,20,21). The van der Waals surface area contributed by atoms with Gasteiger partial charge in [0.05, 0.1) is 16.4 Å². The van der Waals surface area contributed by atoms with Gasteiger partial charge in [0.2, 0.25) is 4.80 Å². The van der Waals surface area contributed by atoms with Crippen LogP contribution >= 0.6 is 11.3 Å². The number of fused-ring (bicyclic) bond motifs is 1. The van der Waals surface area contributed by atoms with Gasteiger partial charge in [0.15, 0.2) is 0 Å². The smallest absolute Gasteiger partial charge is 0.323 e. The summed E-state index contributed by atoms with van der Waals surface area (Å²) in [7, 11) is 0. The third kappa shape index (κ3) is 3.12. The van der Waals surface area contributed by atoms with Crippen molar-refractivity contribution in [2.75, 3.05) is 0 Å². The summed E-state index contributed by atoms with van der Waals surface area (Å²) in [5.41, 5.74) is 1.79. The lowest BCUT2D eigenvalue weighted by Gasteiger charge is -1.99. The highest BCUT2D eigenvalue weighted by Crippen LogP contribution is 2.16. The number of benzene rings is 2. The third-order valence-corrected chi connectivity index (χ3v) is 4.08. The van der Waals surface area contributed by atoms with E-state index in [0.29, 0.717) is 4.80 Å². The minimum atomic E-state index is -0.906. The SMILES string of the molecule is O=C(O)Cn1c(=NN=Cc2ccccc2)sc2ccccc21. The number of aromatic nitrogens is 1. The molecule has 0 saturated carbocycles. The fourth-order valence-corrected chi connectivity index (χ4v) is 3.06. The molecule has 1 aromatic heterocycles. The molecule has 1 heterocycles. The van der Waals surface area contributed by atoms with E-state index in [1.807, 2.05) is 54.6 Å². The molecule has 0 bridgehead atoms. The number of hydrogen-bond donors (Lipinski definition) is 1. The first kappa shape index (κ1) is 14.2. The summed E-state index contributed by atoms with van der Waals surface area (Å²) >= 11 is 1.42. The Kier molecular flexibility index (Phi) is 4.11. The minimum Gasteiger partial charge on any atom is -0.480 e. The van der Waals surface area contributed by atoms with E-state index in [1.165, 1.54) is 11.3 Å². The number of thiazole rings is 1. The number of hydrogen-bond acceptors (Lipinski definition) is 4. The number of nitrogens with zero attached hydrogens (tertiary/aromatic N) is 3. The summed E-state index contributed by atoms with van der Waals surface area (Å²) in [6.45, 7) is -0.135. The predicted molar refractivity (Wildman–Crippen MR) is 87.0 cm³/mol. The molecule has 0 atom stereocenters. The van der Waals surface area contributed by atoms with E-state index < -0.39 is 5.97 Å².